The molecule has 0 spiro atoms. The maximum Gasteiger partial charge on any atom is 0.271 e. The van der Waals surface area contributed by atoms with E-state index in [-0.39, 0.29) is 5.91 Å². The minimum atomic E-state index is -0.319. The van der Waals surface area contributed by atoms with Gasteiger partial charge in [0.1, 0.15) is 0 Å². The molecule has 0 aliphatic carbocycles. The Morgan fingerprint density at radius 3 is 2.52 bits per heavy atom. The standard InChI is InChI=1S/C16H16BrN3O3/c1-22-14-8-10(7-13(17)15(14)23-2)9-19-20-16(21)11-3-5-12(18)6-4-11/h3-9H,18H2,1-2H3,(H,20,21)/b19-9-. The summed E-state index contributed by atoms with van der Waals surface area (Å²) >= 11 is 3.40. The highest BCUT2D eigenvalue weighted by molar-refractivity contribution is 9.10. The fourth-order valence-electron chi connectivity index (χ4n) is 1.88. The Morgan fingerprint density at radius 2 is 1.91 bits per heavy atom. The molecule has 3 N–H and O–H groups in total. The van der Waals surface area contributed by atoms with Gasteiger partial charge in [-0.05, 0) is 57.9 Å². The highest BCUT2D eigenvalue weighted by Gasteiger charge is 2.09. The van der Waals surface area contributed by atoms with Crippen LogP contribution in [-0.2, 0) is 0 Å². The third kappa shape index (κ3) is 4.23. The predicted octanol–water partition coefficient (Wildman–Crippen LogP) is 2.81. The number of hydrazone groups is 1. The van der Waals surface area contributed by atoms with Crippen molar-refractivity contribution in [1.82, 2.24) is 5.43 Å². The summed E-state index contributed by atoms with van der Waals surface area (Å²) in [7, 11) is 3.11. The fourth-order valence-corrected chi connectivity index (χ4v) is 2.50. The normalized spacial score (nSPS) is 10.6. The molecule has 2 rings (SSSR count). The first-order valence-electron chi connectivity index (χ1n) is 6.65. The van der Waals surface area contributed by atoms with Gasteiger partial charge in [-0.1, -0.05) is 0 Å². The zero-order valence-electron chi connectivity index (χ0n) is 12.7. The van der Waals surface area contributed by atoms with Crippen molar-refractivity contribution in [1.29, 1.82) is 0 Å². The number of rotatable bonds is 5. The zero-order valence-corrected chi connectivity index (χ0v) is 14.3. The molecule has 0 saturated carbocycles. The average molecular weight is 378 g/mol. The number of nitrogen functional groups attached to an aromatic ring is 1. The molecule has 0 radical (unpaired) electrons. The number of nitrogens with two attached hydrogens (primary N) is 1. The molecule has 120 valence electrons. The first-order chi connectivity index (χ1) is 11.0. The van der Waals surface area contributed by atoms with Crippen LogP contribution in [0, 0.1) is 0 Å². The summed E-state index contributed by atoms with van der Waals surface area (Å²) in [4.78, 5) is 11.9. The summed E-state index contributed by atoms with van der Waals surface area (Å²) in [6.45, 7) is 0. The number of nitrogens with one attached hydrogen (secondary N) is 1. The average Bonchev–Trinajstić information content (AvgIpc) is 2.54. The van der Waals surface area contributed by atoms with E-state index < -0.39 is 0 Å². The lowest BCUT2D eigenvalue weighted by Crippen LogP contribution is -2.17. The minimum absolute atomic E-state index is 0.319. The van der Waals surface area contributed by atoms with Crippen LogP contribution in [-0.4, -0.2) is 26.3 Å². The molecule has 0 aliphatic heterocycles. The van der Waals surface area contributed by atoms with Gasteiger partial charge in [0, 0.05) is 11.3 Å². The molecular weight excluding hydrogens is 362 g/mol. The van der Waals surface area contributed by atoms with Gasteiger partial charge in [0.25, 0.3) is 5.91 Å². The predicted molar refractivity (Wildman–Crippen MR) is 93.2 cm³/mol. The lowest BCUT2D eigenvalue weighted by molar-refractivity contribution is 0.0955. The van der Waals surface area contributed by atoms with E-state index in [4.69, 9.17) is 15.2 Å². The monoisotopic (exact) mass is 377 g/mol. The van der Waals surface area contributed by atoms with E-state index >= 15 is 0 Å². The van der Waals surface area contributed by atoms with E-state index in [0.29, 0.717) is 22.7 Å². The zero-order chi connectivity index (χ0) is 16.8. The van der Waals surface area contributed by atoms with Gasteiger partial charge in [-0.2, -0.15) is 5.10 Å². The lowest BCUT2D eigenvalue weighted by Gasteiger charge is -2.10. The molecule has 2 aromatic rings. The molecule has 2 aromatic carbocycles. The molecule has 0 aromatic heterocycles. The van der Waals surface area contributed by atoms with Gasteiger partial charge < -0.3 is 15.2 Å². The molecule has 0 bridgehead atoms. The van der Waals surface area contributed by atoms with Gasteiger partial charge >= 0.3 is 0 Å². The lowest BCUT2D eigenvalue weighted by atomic mass is 10.2. The second-order valence-electron chi connectivity index (χ2n) is 4.56. The van der Waals surface area contributed by atoms with E-state index in [1.807, 2.05) is 0 Å². The van der Waals surface area contributed by atoms with E-state index in [2.05, 4.69) is 26.5 Å². The molecule has 0 fully saturated rings. The van der Waals surface area contributed by atoms with Crippen LogP contribution in [0.1, 0.15) is 15.9 Å². The molecule has 6 nitrogen and oxygen atoms in total. The van der Waals surface area contributed by atoms with Gasteiger partial charge in [-0.25, -0.2) is 5.43 Å². The number of ether oxygens (including phenoxy) is 2. The quantitative estimate of drug-likeness (QED) is 0.476. The molecule has 0 saturated heterocycles. The van der Waals surface area contributed by atoms with Crippen molar-refractivity contribution in [2.24, 2.45) is 5.10 Å². The Morgan fingerprint density at radius 1 is 1.22 bits per heavy atom. The first kappa shape index (κ1) is 16.8. The van der Waals surface area contributed by atoms with Gasteiger partial charge in [0.05, 0.1) is 24.9 Å². The third-order valence-electron chi connectivity index (χ3n) is 3.01. The molecule has 23 heavy (non-hydrogen) atoms. The molecule has 1 amide bonds. The van der Waals surface area contributed by atoms with Crippen molar-refractivity contribution in [3.8, 4) is 11.5 Å². The van der Waals surface area contributed by atoms with Crippen molar-refractivity contribution in [3.63, 3.8) is 0 Å². The van der Waals surface area contributed by atoms with Crippen LogP contribution in [0.5, 0.6) is 11.5 Å². The van der Waals surface area contributed by atoms with Crippen molar-refractivity contribution < 1.29 is 14.3 Å². The number of carbonyl (C=O) groups is 1. The smallest absolute Gasteiger partial charge is 0.271 e. The number of halogens is 1. The van der Waals surface area contributed by atoms with E-state index in [1.54, 1.807) is 50.6 Å². The highest BCUT2D eigenvalue weighted by Crippen LogP contribution is 2.35. The van der Waals surface area contributed by atoms with E-state index in [0.717, 1.165) is 10.0 Å². The number of carbonyl (C=O) groups excluding carboxylic acids is 1. The number of nitrogens with zero attached hydrogens (tertiary/aromatic N) is 1. The maximum absolute atomic E-state index is 11.9. The molecule has 0 atom stereocenters. The largest absolute Gasteiger partial charge is 0.493 e. The molecular formula is C16H16BrN3O3. The highest BCUT2D eigenvalue weighted by atomic mass is 79.9. The van der Waals surface area contributed by atoms with Crippen LogP contribution < -0.4 is 20.6 Å². The first-order valence-corrected chi connectivity index (χ1v) is 7.45. The fraction of sp³-hybridized carbons (Fsp3) is 0.125. The van der Waals surface area contributed by atoms with Crippen LogP contribution in [0.3, 0.4) is 0 Å². The number of anilines is 1. The van der Waals surface area contributed by atoms with Crippen LogP contribution in [0.25, 0.3) is 0 Å². The van der Waals surface area contributed by atoms with Crippen molar-refractivity contribution in [3.05, 3.63) is 52.0 Å². The molecule has 0 aliphatic rings. The van der Waals surface area contributed by atoms with E-state index in [1.165, 1.54) is 6.21 Å². The van der Waals surface area contributed by atoms with Crippen molar-refractivity contribution in [2.45, 2.75) is 0 Å². The number of methoxy groups -OCH3 is 2. The minimum Gasteiger partial charge on any atom is -0.493 e. The summed E-state index contributed by atoms with van der Waals surface area (Å²) in [5.41, 5.74) is 9.85. The summed E-state index contributed by atoms with van der Waals surface area (Å²) in [5, 5.41) is 3.94. The van der Waals surface area contributed by atoms with Crippen molar-refractivity contribution >= 4 is 33.7 Å². The second kappa shape index (κ2) is 7.64. The second-order valence-corrected chi connectivity index (χ2v) is 5.41. The van der Waals surface area contributed by atoms with Crippen LogP contribution >= 0.6 is 15.9 Å². The Balaban J connectivity index is 2.10. The number of benzene rings is 2. The Bertz CT molecular complexity index is 730. The Hall–Kier alpha value is -2.54. The summed E-state index contributed by atoms with van der Waals surface area (Å²) in [6, 6.07) is 10.1. The Labute approximate surface area is 142 Å². The van der Waals surface area contributed by atoms with Gasteiger partial charge in [0.15, 0.2) is 11.5 Å². The third-order valence-corrected chi connectivity index (χ3v) is 3.60. The summed E-state index contributed by atoms with van der Waals surface area (Å²) < 4.78 is 11.2. The van der Waals surface area contributed by atoms with Gasteiger partial charge in [-0.3, -0.25) is 4.79 Å². The van der Waals surface area contributed by atoms with Gasteiger partial charge in [-0.15, -0.1) is 0 Å². The number of hydrogen-bond donors (Lipinski definition) is 2. The summed E-state index contributed by atoms with van der Waals surface area (Å²) in [5.74, 6) is 0.838. The number of amides is 1. The topological polar surface area (TPSA) is 85.9 Å². The molecule has 0 heterocycles. The summed E-state index contributed by atoms with van der Waals surface area (Å²) in [6.07, 6.45) is 1.52. The van der Waals surface area contributed by atoms with Crippen LogP contribution in [0.2, 0.25) is 0 Å². The Kier molecular flexibility index (Phi) is 5.59. The maximum atomic E-state index is 11.9. The van der Waals surface area contributed by atoms with Gasteiger partial charge in [0.2, 0.25) is 0 Å². The van der Waals surface area contributed by atoms with Crippen LogP contribution in [0.4, 0.5) is 5.69 Å². The molecule has 7 heteroatoms. The molecule has 0 unspecified atom stereocenters. The van der Waals surface area contributed by atoms with E-state index in [9.17, 15) is 4.79 Å². The van der Waals surface area contributed by atoms with Crippen molar-refractivity contribution in [2.75, 3.05) is 20.0 Å². The number of hydrogen-bond acceptors (Lipinski definition) is 5. The SMILES string of the molecule is COc1cc(/C=N\NC(=O)c2ccc(N)cc2)cc(Br)c1OC. The van der Waals surface area contributed by atoms with Crippen LogP contribution in [0.15, 0.2) is 46.0 Å².